The fourth-order valence-corrected chi connectivity index (χ4v) is 2.31. The first-order valence-electron chi connectivity index (χ1n) is 7.51. The average Bonchev–Trinajstić information content (AvgIpc) is 2.93. The van der Waals surface area contributed by atoms with E-state index in [4.69, 9.17) is 0 Å². The van der Waals surface area contributed by atoms with Crippen molar-refractivity contribution in [3.63, 3.8) is 0 Å². The number of aromatic nitrogens is 2. The first-order chi connectivity index (χ1) is 9.74. The number of imidazole rings is 1. The Kier molecular flexibility index (Phi) is 5.81. The molecule has 0 unspecified atom stereocenters. The summed E-state index contributed by atoms with van der Waals surface area (Å²) < 4.78 is 0. The van der Waals surface area contributed by atoms with Gasteiger partial charge in [-0.05, 0) is 36.4 Å². The van der Waals surface area contributed by atoms with Crippen molar-refractivity contribution < 1.29 is 0 Å². The number of aryl methyl sites for hydroxylation is 1. The predicted molar refractivity (Wildman–Crippen MR) is 83.6 cm³/mol. The molecule has 2 rings (SSSR count). The van der Waals surface area contributed by atoms with Crippen molar-refractivity contribution in [3.05, 3.63) is 53.6 Å². The van der Waals surface area contributed by atoms with Crippen LogP contribution in [0.2, 0.25) is 0 Å². The van der Waals surface area contributed by atoms with Crippen LogP contribution in [0.15, 0.2) is 36.7 Å². The Morgan fingerprint density at radius 3 is 2.55 bits per heavy atom. The van der Waals surface area contributed by atoms with E-state index in [1.807, 2.05) is 12.4 Å². The molecule has 0 bridgehead atoms. The third-order valence-electron chi connectivity index (χ3n) is 3.32. The summed E-state index contributed by atoms with van der Waals surface area (Å²) >= 11 is 0. The summed E-state index contributed by atoms with van der Waals surface area (Å²) in [7, 11) is 0. The third-order valence-corrected chi connectivity index (χ3v) is 3.32. The summed E-state index contributed by atoms with van der Waals surface area (Å²) in [6.07, 6.45) is 6.96. The minimum Gasteiger partial charge on any atom is -0.349 e. The van der Waals surface area contributed by atoms with Crippen molar-refractivity contribution in [2.24, 2.45) is 5.92 Å². The van der Waals surface area contributed by atoms with Gasteiger partial charge in [0, 0.05) is 25.4 Å². The van der Waals surface area contributed by atoms with Crippen LogP contribution in [0.1, 0.15) is 37.2 Å². The van der Waals surface area contributed by atoms with Gasteiger partial charge in [0.2, 0.25) is 0 Å². The lowest BCUT2D eigenvalue weighted by Crippen LogP contribution is -2.15. The van der Waals surface area contributed by atoms with Crippen LogP contribution in [0, 0.1) is 5.92 Å². The van der Waals surface area contributed by atoms with Crippen molar-refractivity contribution in [1.29, 1.82) is 0 Å². The highest BCUT2D eigenvalue weighted by atomic mass is 14.9. The average molecular weight is 271 g/mol. The van der Waals surface area contributed by atoms with Gasteiger partial charge in [-0.2, -0.15) is 0 Å². The highest BCUT2D eigenvalue weighted by molar-refractivity contribution is 5.22. The van der Waals surface area contributed by atoms with Crippen LogP contribution in [0.4, 0.5) is 0 Å². The van der Waals surface area contributed by atoms with Crippen molar-refractivity contribution in [2.75, 3.05) is 6.54 Å². The van der Waals surface area contributed by atoms with E-state index in [0.717, 1.165) is 44.1 Å². The van der Waals surface area contributed by atoms with Crippen molar-refractivity contribution in [3.8, 4) is 0 Å². The quantitative estimate of drug-likeness (QED) is 0.723. The van der Waals surface area contributed by atoms with Crippen molar-refractivity contribution in [1.82, 2.24) is 15.3 Å². The summed E-state index contributed by atoms with van der Waals surface area (Å²) in [6, 6.07) is 8.97. The first kappa shape index (κ1) is 14.8. The van der Waals surface area contributed by atoms with Crippen LogP contribution in [-0.4, -0.2) is 16.5 Å². The second-order valence-electron chi connectivity index (χ2n) is 5.73. The zero-order chi connectivity index (χ0) is 14.2. The maximum Gasteiger partial charge on any atom is 0.106 e. The molecule has 20 heavy (non-hydrogen) atoms. The number of hydrogen-bond acceptors (Lipinski definition) is 2. The minimum atomic E-state index is 0.723. The molecule has 2 N–H and O–H groups in total. The summed E-state index contributed by atoms with van der Waals surface area (Å²) in [5, 5.41) is 3.48. The van der Waals surface area contributed by atoms with Crippen molar-refractivity contribution in [2.45, 2.75) is 39.7 Å². The summed E-state index contributed by atoms with van der Waals surface area (Å²) in [5.74, 6) is 1.80. The molecule has 3 heteroatoms. The maximum atomic E-state index is 4.22. The highest BCUT2D eigenvalue weighted by Gasteiger charge is 1.99. The molecule has 2 aromatic rings. The molecule has 0 atom stereocenters. The molecule has 0 aliphatic rings. The smallest absolute Gasteiger partial charge is 0.106 e. The molecule has 1 heterocycles. The van der Waals surface area contributed by atoms with E-state index < -0.39 is 0 Å². The van der Waals surface area contributed by atoms with E-state index in [1.54, 1.807) is 0 Å². The van der Waals surface area contributed by atoms with E-state index in [1.165, 1.54) is 11.1 Å². The number of aromatic amines is 1. The fraction of sp³-hybridized carbons (Fsp3) is 0.471. The lowest BCUT2D eigenvalue weighted by atomic mass is 10.0. The normalized spacial score (nSPS) is 11.2. The SMILES string of the molecule is CC(C)Cc1ccc(CNCCCc2ncc[nH]2)cc1. The third kappa shape index (κ3) is 5.17. The molecule has 0 saturated heterocycles. The molecule has 1 aromatic heterocycles. The molecule has 0 spiro atoms. The zero-order valence-electron chi connectivity index (χ0n) is 12.5. The predicted octanol–water partition coefficient (Wildman–Crippen LogP) is 3.33. The van der Waals surface area contributed by atoms with Gasteiger partial charge in [0.25, 0.3) is 0 Å². The Hall–Kier alpha value is -1.61. The van der Waals surface area contributed by atoms with Gasteiger partial charge in [0.05, 0.1) is 0 Å². The number of hydrogen-bond donors (Lipinski definition) is 2. The monoisotopic (exact) mass is 271 g/mol. The van der Waals surface area contributed by atoms with Gasteiger partial charge in [-0.25, -0.2) is 4.98 Å². The standard InChI is InChI=1S/C17H25N3/c1-14(2)12-15-5-7-16(8-6-15)13-18-9-3-4-17-19-10-11-20-17/h5-8,10-11,14,18H,3-4,9,12-13H2,1-2H3,(H,19,20). The summed E-state index contributed by atoms with van der Waals surface area (Å²) in [4.78, 5) is 7.35. The van der Waals surface area contributed by atoms with E-state index in [9.17, 15) is 0 Å². The lowest BCUT2D eigenvalue weighted by molar-refractivity contribution is 0.637. The van der Waals surface area contributed by atoms with Crippen LogP contribution < -0.4 is 5.32 Å². The van der Waals surface area contributed by atoms with Gasteiger partial charge in [0.15, 0.2) is 0 Å². The van der Waals surface area contributed by atoms with E-state index in [-0.39, 0.29) is 0 Å². The van der Waals surface area contributed by atoms with Crippen LogP contribution >= 0.6 is 0 Å². The van der Waals surface area contributed by atoms with Gasteiger partial charge in [-0.3, -0.25) is 0 Å². The number of H-pyrrole nitrogens is 1. The molecule has 0 aliphatic carbocycles. The van der Waals surface area contributed by atoms with Crippen LogP contribution in [0.3, 0.4) is 0 Å². The molecular weight excluding hydrogens is 246 g/mol. The van der Waals surface area contributed by atoms with Gasteiger partial charge < -0.3 is 10.3 Å². The van der Waals surface area contributed by atoms with Crippen LogP contribution in [-0.2, 0) is 19.4 Å². The molecule has 3 nitrogen and oxygen atoms in total. The number of nitrogens with zero attached hydrogens (tertiary/aromatic N) is 1. The summed E-state index contributed by atoms with van der Waals surface area (Å²) in [5.41, 5.74) is 2.79. The van der Waals surface area contributed by atoms with Gasteiger partial charge in [-0.15, -0.1) is 0 Å². The fourth-order valence-electron chi connectivity index (χ4n) is 2.31. The van der Waals surface area contributed by atoms with Crippen LogP contribution in [0.25, 0.3) is 0 Å². The Balaban J connectivity index is 1.64. The Bertz CT molecular complexity index is 471. The first-order valence-corrected chi connectivity index (χ1v) is 7.51. The van der Waals surface area contributed by atoms with E-state index >= 15 is 0 Å². The zero-order valence-corrected chi connectivity index (χ0v) is 12.5. The topological polar surface area (TPSA) is 40.7 Å². The highest BCUT2D eigenvalue weighted by Crippen LogP contribution is 2.09. The van der Waals surface area contributed by atoms with Crippen molar-refractivity contribution >= 4 is 0 Å². The Labute approximate surface area is 121 Å². The van der Waals surface area contributed by atoms with E-state index in [0.29, 0.717) is 0 Å². The second kappa shape index (κ2) is 7.85. The molecule has 0 fully saturated rings. The minimum absolute atomic E-state index is 0.723. The number of rotatable bonds is 8. The molecule has 108 valence electrons. The lowest BCUT2D eigenvalue weighted by Gasteiger charge is -2.07. The second-order valence-corrected chi connectivity index (χ2v) is 5.73. The van der Waals surface area contributed by atoms with Gasteiger partial charge in [-0.1, -0.05) is 38.1 Å². The number of nitrogens with one attached hydrogen (secondary N) is 2. The van der Waals surface area contributed by atoms with Gasteiger partial charge >= 0.3 is 0 Å². The Morgan fingerprint density at radius 2 is 1.90 bits per heavy atom. The molecule has 0 saturated carbocycles. The number of benzene rings is 1. The van der Waals surface area contributed by atoms with E-state index in [2.05, 4.69) is 53.4 Å². The molecular formula is C17H25N3. The molecule has 0 aliphatic heterocycles. The molecule has 0 radical (unpaired) electrons. The maximum absolute atomic E-state index is 4.22. The Morgan fingerprint density at radius 1 is 1.15 bits per heavy atom. The van der Waals surface area contributed by atoms with Gasteiger partial charge in [0.1, 0.15) is 5.82 Å². The largest absolute Gasteiger partial charge is 0.349 e. The molecule has 0 amide bonds. The summed E-state index contributed by atoms with van der Waals surface area (Å²) in [6.45, 7) is 6.48. The van der Waals surface area contributed by atoms with Crippen LogP contribution in [0.5, 0.6) is 0 Å². The molecule has 1 aromatic carbocycles.